The Balaban J connectivity index is 1.92. The quantitative estimate of drug-likeness (QED) is 0.442. The second-order valence-electron chi connectivity index (χ2n) is 6.09. The zero-order valence-electron chi connectivity index (χ0n) is 17.4. The summed E-state index contributed by atoms with van der Waals surface area (Å²) in [6.07, 6.45) is 1.59. The van der Waals surface area contributed by atoms with E-state index in [1.165, 1.54) is 28.4 Å². The monoisotopic (exact) mass is 488 g/mol. The Kier molecular flexibility index (Phi) is 7.14. The molecule has 2 aromatic carbocycles. The molecule has 0 amide bonds. The van der Waals surface area contributed by atoms with Gasteiger partial charge in [-0.2, -0.15) is 4.98 Å². The minimum Gasteiger partial charge on any atom is -0.493 e. The molecule has 0 saturated carbocycles. The highest BCUT2D eigenvalue weighted by Crippen LogP contribution is 2.40. The molecule has 0 aliphatic heterocycles. The maximum Gasteiger partial charge on any atom is 0.339 e. The van der Waals surface area contributed by atoms with Crippen molar-refractivity contribution in [2.45, 2.75) is 0 Å². The number of nitrogens with one attached hydrogen (secondary N) is 2. The van der Waals surface area contributed by atoms with Crippen molar-refractivity contribution in [3.8, 4) is 17.2 Å². The summed E-state index contributed by atoms with van der Waals surface area (Å²) in [7, 11) is 5.95. The van der Waals surface area contributed by atoms with E-state index in [1.54, 1.807) is 42.6 Å². The molecule has 0 radical (unpaired) electrons. The zero-order chi connectivity index (χ0) is 22.4. The highest BCUT2D eigenvalue weighted by molar-refractivity contribution is 9.10. The Labute approximate surface area is 187 Å². The number of hydrogen-bond acceptors (Lipinski definition) is 9. The fourth-order valence-corrected chi connectivity index (χ4v) is 3.10. The first-order valence-electron chi connectivity index (χ1n) is 9.04. The maximum absolute atomic E-state index is 12.0. The van der Waals surface area contributed by atoms with Gasteiger partial charge < -0.3 is 29.6 Å². The van der Waals surface area contributed by atoms with Crippen LogP contribution in [0.4, 0.5) is 23.1 Å². The van der Waals surface area contributed by atoms with Gasteiger partial charge in [-0.1, -0.05) is 12.1 Å². The maximum atomic E-state index is 12.0. The summed E-state index contributed by atoms with van der Waals surface area (Å²) in [4.78, 5) is 20.8. The largest absolute Gasteiger partial charge is 0.493 e. The van der Waals surface area contributed by atoms with Crippen molar-refractivity contribution in [1.29, 1.82) is 0 Å². The SMILES string of the molecule is COC(=O)c1ccccc1Nc1nc(Nc2cc(OC)c(OC)c(OC)c2)ncc1Br. The molecule has 0 saturated heterocycles. The van der Waals surface area contributed by atoms with E-state index in [-0.39, 0.29) is 0 Å². The number of ether oxygens (including phenoxy) is 4. The summed E-state index contributed by atoms with van der Waals surface area (Å²) in [6.45, 7) is 0. The van der Waals surface area contributed by atoms with Crippen molar-refractivity contribution >= 4 is 45.0 Å². The molecule has 0 unspecified atom stereocenters. The summed E-state index contributed by atoms with van der Waals surface area (Å²) in [6, 6.07) is 10.5. The number of anilines is 4. The lowest BCUT2D eigenvalue weighted by Crippen LogP contribution is -2.07. The van der Waals surface area contributed by atoms with E-state index in [9.17, 15) is 4.79 Å². The molecule has 1 aromatic heterocycles. The molecule has 0 fully saturated rings. The first kappa shape index (κ1) is 22.2. The van der Waals surface area contributed by atoms with Crippen LogP contribution in [-0.4, -0.2) is 44.4 Å². The number of methoxy groups -OCH3 is 4. The fraction of sp³-hybridized carbons (Fsp3) is 0.190. The van der Waals surface area contributed by atoms with Crippen LogP contribution in [0.3, 0.4) is 0 Å². The lowest BCUT2D eigenvalue weighted by atomic mass is 10.2. The van der Waals surface area contributed by atoms with Gasteiger partial charge in [0.05, 0.1) is 44.2 Å². The topological polar surface area (TPSA) is 104 Å². The van der Waals surface area contributed by atoms with Crippen molar-refractivity contribution in [3.63, 3.8) is 0 Å². The summed E-state index contributed by atoms with van der Waals surface area (Å²) >= 11 is 3.43. The minimum absolute atomic E-state index is 0.315. The van der Waals surface area contributed by atoms with E-state index >= 15 is 0 Å². The number of benzene rings is 2. The Bertz CT molecular complexity index is 1070. The average molecular weight is 489 g/mol. The standard InChI is InChI=1S/C21H21BrN4O5/c1-28-16-9-12(10-17(29-2)18(16)30-3)24-21-23-11-14(22)19(26-21)25-15-8-6-5-7-13(15)20(27)31-4/h5-11H,1-4H3,(H2,23,24,25,26). The van der Waals surface area contributed by atoms with E-state index in [4.69, 9.17) is 18.9 Å². The number of para-hydroxylation sites is 1. The average Bonchev–Trinajstić information content (AvgIpc) is 2.80. The molecule has 1 heterocycles. The van der Waals surface area contributed by atoms with Crippen LogP contribution in [0.1, 0.15) is 10.4 Å². The molecule has 162 valence electrons. The summed E-state index contributed by atoms with van der Waals surface area (Å²) in [5, 5.41) is 6.25. The molecule has 9 nitrogen and oxygen atoms in total. The fourth-order valence-electron chi connectivity index (χ4n) is 2.81. The summed E-state index contributed by atoms with van der Waals surface area (Å²) in [5.74, 6) is 1.79. The van der Waals surface area contributed by atoms with Crippen LogP contribution in [0, 0.1) is 0 Å². The molecule has 0 spiro atoms. The van der Waals surface area contributed by atoms with Crippen LogP contribution in [0.5, 0.6) is 17.2 Å². The highest BCUT2D eigenvalue weighted by atomic mass is 79.9. The Morgan fingerprint density at radius 2 is 1.65 bits per heavy atom. The third-order valence-corrected chi connectivity index (χ3v) is 4.83. The normalized spacial score (nSPS) is 10.2. The van der Waals surface area contributed by atoms with Gasteiger partial charge in [-0.25, -0.2) is 9.78 Å². The smallest absolute Gasteiger partial charge is 0.339 e. The minimum atomic E-state index is -0.455. The van der Waals surface area contributed by atoms with E-state index in [0.29, 0.717) is 50.4 Å². The third-order valence-electron chi connectivity index (χ3n) is 4.25. The lowest BCUT2D eigenvalue weighted by Gasteiger charge is -2.15. The van der Waals surface area contributed by atoms with Gasteiger partial charge in [0.25, 0.3) is 0 Å². The molecule has 0 atom stereocenters. The van der Waals surface area contributed by atoms with Gasteiger partial charge in [-0.15, -0.1) is 0 Å². The number of hydrogen-bond donors (Lipinski definition) is 2. The Hall–Kier alpha value is -3.53. The molecule has 0 bridgehead atoms. The number of carbonyl (C=O) groups excluding carboxylic acids is 1. The first-order chi connectivity index (χ1) is 15.0. The number of esters is 1. The molecular weight excluding hydrogens is 468 g/mol. The van der Waals surface area contributed by atoms with Crippen LogP contribution in [-0.2, 0) is 4.74 Å². The predicted octanol–water partition coefficient (Wildman–Crippen LogP) is 4.54. The number of nitrogens with zero attached hydrogens (tertiary/aromatic N) is 2. The van der Waals surface area contributed by atoms with E-state index in [0.717, 1.165) is 0 Å². The molecule has 10 heteroatoms. The van der Waals surface area contributed by atoms with Crippen molar-refractivity contribution < 1.29 is 23.7 Å². The van der Waals surface area contributed by atoms with Gasteiger partial charge in [-0.3, -0.25) is 0 Å². The molecule has 31 heavy (non-hydrogen) atoms. The van der Waals surface area contributed by atoms with Crippen LogP contribution < -0.4 is 24.8 Å². The van der Waals surface area contributed by atoms with Crippen molar-refractivity contribution in [2.24, 2.45) is 0 Å². The van der Waals surface area contributed by atoms with Gasteiger partial charge in [-0.05, 0) is 28.1 Å². The molecule has 3 rings (SSSR count). The van der Waals surface area contributed by atoms with Crippen molar-refractivity contribution in [3.05, 3.63) is 52.6 Å². The van der Waals surface area contributed by atoms with Gasteiger partial charge >= 0.3 is 5.97 Å². The summed E-state index contributed by atoms with van der Waals surface area (Å²) < 4.78 is 21.5. The highest BCUT2D eigenvalue weighted by Gasteiger charge is 2.16. The number of rotatable bonds is 8. The van der Waals surface area contributed by atoms with Gasteiger partial charge in [0, 0.05) is 24.0 Å². The Morgan fingerprint density at radius 3 is 2.26 bits per heavy atom. The second kappa shape index (κ2) is 9.98. The van der Waals surface area contributed by atoms with Crippen LogP contribution in [0.2, 0.25) is 0 Å². The predicted molar refractivity (Wildman–Crippen MR) is 120 cm³/mol. The van der Waals surface area contributed by atoms with E-state index in [1.807, 2.05) is 0 Å². The number of aromatic nitrogens is 2. The van der Waals surface area contributed by atoms with Gasteiger partial charge in [0.15, 0.2) is 11.5 Å². The molecular formula is C21H21BrN4O5. The van der Waals surface area contributed by atoms with Crippen LogP contribution in [0.15, 0.2) is 47.1 Å². The van der Waals surface area contributed by atoms with Crippen molar-refractivity contribution in [2.75, 3.05) is 39.1 Å². The van der Waals surface area contributed by atoms with E-state index < -0.39 is 5.97 Å². The molecule has 2 N–H and O–H groups in total. The molecule has 0 aliphatic rings. The number of halogens is 1. The van der Waals surface area contributed by atoms with Crippen LogP contribution in [0.25, 0.3) is 0 Å². The lowest BCUT2D eigenvalue weighted by molar-refractivity contribution is 0.0602. The van der Waals surface area contributed by atoms with Gasteiger partial charge in [0.2, 0.25) is 11.7 Å². The molecule has 3 aromatic rings. The van der Waals surface area contributed by atoms with Gasteiger partial charge in [0.1, 0.15) is 5.82 Å². The Morgan fingerprint density at radius 1 is 0.968 bits per heavy atom. The third kappa shape index (κ3) is 4.97. The van der Waals surface area contributed by atoms with Crippen molar-refractivity contribution in [1.82, 2.24) is 9.97 Å². The summed E-state index contributed by atoms with van der Waals surface area (Å²) in [5.41, 5.74) is 1.57. The van der Waals surface area contributed by atoms with Crippen LogP contribution >= 0.6 is 15.9 Å². The zero-order valence-corrected chi connectivity index (χ0v) is 18.9. The number of carbonyl (C=O) groups is 1. The van der Waals surface area contributed by atoms with E-state index in [2.05, 4.69) is 36.5 Å². The first-order valence-corrected chi connectivity index (χ1v) is 9.84. The second-order valence-corrected chi connectivity index (χ2v) is 6.95. The molecule has 0 aliphatic carbocycles.